The van der Waals surface area contributed by atoms with Crippen LogP contribution in [0.3, 0.4) is 0 Å². The second-order valence-corrected chi connectivity index (χ2v) is 8.58. The second kappa shape index (κ2) is 8.02. The lowest BCUT2D eigenvalue weighted by Crippen LogP contribution is -2.11. The van der Waals surface area contributed by atoms with Gasteiger partial charge in [0.15, 0.2) is 0 Å². The van der Waals surface area contributed by atoms with Gasteiger partial charge in [0.25, 0.3) is 0 Å². The maximum atomic E-state index is 5.96. The van der Waals surface area contributed by atoms with E-state index in [1.165, 1.54) is 21.6 Å². The Hall–Kier alpha value is -2.17. The molecule has 2 nitrogen and oxygen atoms in total. The molecule has 1 aliphatic rings. The van der Waals surface area contributed by atoms with Crippen LogP contribution in [0.25, 0.3) is 6.08 Å². The number of rotatable bonds is 5. The third-order valence-corrected chi connectivity index (χ3v) is 5.85. The summed E-state index contributed by atoms with van der Waals surface area (Å²) in [6, 6.07) is 20.7. The smallest absolute Gasteiger partial charge is 0.120 e. The lowest BCUT2D eigenvalue weighted by atomic mass is 9.97. The molecule has 0 spiro atoms. The fourth-order valence-electron chi connectivity index (χ4n) is 2.96. The molecule has 4 rings (SSSR count). The van der Waals surface area contributed by atoms with Gasteiger partial charge in [-0.05, 0) is 76.0 Å². The van der Waals surface area contributed by atoms with Gasteiger partial charge in [0.1, 0.15) is 12.4 Å². The summed E-state index contributed by atoms with van der Waals surface area (Å²) < 4.78 is 7.11. The van der Waals surface area contributed by atoms with E-state index in [0.29, 0.717) is 6.61 Å². The van der Waals surface area contributed by atoms with Gasteiger partial charge in [-0.1, -0.05) is 30.3 Å². The third-order valence-electron chi connectivity index (χ3n) is 4.26. The Bertz CT molecular complexity index is 959. The standard InChI is InChI=1S/C22H18BrNOS/c23-22-11-8-19(26-22)7-10-21-20-9-6-18(14-17(20)12-13-24-21)25-15-16-4-2-1-3-5-16/h1-11,14H,12-13,15H2/b10-7+. The van der Waals surface area contributed by atoms with Gasteiger partial charge in [0, 0.05) is 17.0 Å². The molecule has 130 valence electrons. The Balaban J connectivity index is 1.49. The zero-order valence-electron chi connectivity index (χ0n) is 14.2. The van der Waals surface area contributed by atoms with Gasteiger partial charge >= 0.3 is 0 Å². The minimum Gasteiger partial charge on any atom is -0.489 e. The summed E-state index contributed by atoms with van der Waals surface area (Å²) in [4.78, 5) is 5.91. The Morgan fingerprint density at radius 1 is 1.04 bits per heavy atom. The van der Waals surface area contributed by atoms with E-state index < -0.39 is 0 Å². The molecule has 0 unspecified atom stereocenters. The lowest BCUT2D eigenvalue weighted by Gasteiger charge is -2.16. The van der Waals surface area contributed by atoms with Crippen LogP contribution in [-0.4, -0.2) is 12.3 Å². The fraction of sp³-hybridized carbons (Fsp3) is 0.136. The number of benzene rings is 2. The van der Waals surface area contributed by atoms with Crippen molar-refractivity contribution in [1.82, 2.24) is 0 Å². The first-order valence-electron chi connectivity index (χ1n) is 8.56. The maximum Gasteiger partial charge on any atom is 0.120 e. The molecule has 0 atom stereocenters. The molecule has 0 amide bonds. The molecule has 1 aromatic heterocycles. The van der Waals surface area contributed by atoms with Crippen LogP contribution in [0.4, 0.5) is 0 Å². The molecule has 0 radical (unpaired) electrons. The molecule has 26 heavy (non-hydrogen) atoms. The van der Waals surface area contributed by atoms with E-state index in [2.05, 4.69) is 64.5 Å². The second-order valence-electron chi connectivity index (χ2n) is 6.09. The number of nitrogens with zero attached hydrogens (tertiary/aromatic N) is 1. The largest absolute Gasteiger partial charge is 0.489 e. The van der Waals surface area contributed by atoms with Gasteiger partial charge in [-0.25, -0.2) is 0 Å². The average molecular weight is 424 g/mol. The van der Waals surface area contributed by atoms with Crippen LogP contribution in [0.2, 0.25) is 0 Å². The van der Waals surface area contributed by atoms with Crippen molar-refractivity contribution in [2.45, 2.75) is 13.0 Å². The first-order valence-corrected chi connectivity index (χ1v) is 10.2. The normalized spacial score (nSPS) is 13.5. The van der Waals surface area contributed by atoms with Crippen molar-refractivity contribution in [2.24, 2.45) is 4.99 Å². The van der Waals surface area contributed by atoms with Gasteiger partial charge in [0.05, 0.1) is 9.50 Å². The Morgan fingerprint density at radius 3 is 2.73 bits per heavy atom. The topological polar surface area (TPSA) is 21.6 Å². The summed E-state index contributed by atoms with van der Waals surface area (Å²) >= 11 is 5.22. The number of fused-ring (bicyclic) bond motifs is 1. The predicted molar refractivity (Wildman–Crippen MR) is 113 cm³/mol. The minimum atomic E-state index is 0.591. The van der Waals surface area contributed by atoms with Crippen molar-refractivity contribution in [1.29, 1.82) is 0 Å². The highest BCUT2D eigenvalue weighted by molar-refractivity contribution is 9.11. The van der Waals surface area contributed by atoms with E-state index >= 15 is 0 Å². The number of allylic oxidation sites excluding steroid dienone is 1. The summed E-state index contributed by atoms with van der Waals surface area (Å²) in [5.74, 6) is 0.917. The molecule has 0 saturated heterocycles. The van der Waals surface area contributed by atoms with Gasteiger partial charge < -0.3 is 4.74 Å². The molecule has 3 aromatic rings. The summed E-state index contributed by atoms with van der Waals surface area (Å²) in [5.41, 5.74) is 4.73. The molecular weight excluding hydrogens is 406 g/mol. The maximum absolute atomic E-state index is 5.96. The lowest BCUT2D eigenvalue weighted by molar-refractivity contribution is 0.306. The molecule has 0 saturated carbocycles. The fourth-order valence-corrected chi connectivity index (χ4v) is 4.29. The number of hydrogen-bond acceptors (Lipinski definition) is 3. The Kier molecular flexibility index (Phi) is 5.32. The van der Waals surface area contributed by atoms with Gasteiger partial charge in [-0.3, -0.25) is 4.99 Å². The van der Waals surface area contributed by atoms with Crippen LogP contribution >= 0.6 is 27.3 Å². The highest BCUT2D eigenvalue weighted by Crippen LogP contribution is 2.26. The van der Waals surface area contributed by atoms with E-state index in [9.17, 15) is 0 Å². The molecule has 0 fully saturated rings. The summed E-state index contributed by atoms with van der Waals surface area (Å²) in [6.07, 6.45) is 5.20. The Labute approximate surface area is 166 Å². The SMILES string of the molecule is Brc1ccc(/C=C/C2=NCCc3cc(OCc4ccccc4)ccc32)s1. The van der Waals surface area contributed by atoms with E-state index in [0.717, 1.165) is 28.2 Å². The van der Waals surface area contributed by atoms with Gasteiger partial charge in [-0.15, -0.1) is 11.3 Å². The van der Waals surface area contributed by atoms with Crippen molar-refractivity contribution in [3.05, 3.63) is 92.1 Å². The number of halogens is 1. The molecule has 0 bridgehead atoms. The summed E-state index contributed by atoms with van der Waals surface area (Å²) in [5, 5.41) is 0. The zero-order chi connectivity index (χ0) is 17.8. The van der Waals surface area contributed by atoms with Crippen LogP contribution < -0.4 is 4.74 Å². The first-order chi connectivity index (χ1) is 12.8. The number of hydrogen-bond donors (Lipinski definition) is 0. The van der Waals surface area contributed by atoms with Crippen molar-refractivity contribution < 1.29 is 4.74 Å². The molecule has 2 aromatic carbocycles. The molecule has 4 heteroatoms. The van der Waals surface area contributed by atoms with Crippen LogP contribution in [0.5, 0.6) is 5.75 Å². The predicted octanol–water partition coefficient (Wildman–Crippen LogP) is 6.15. The van der Waals surface area contributed by atoms with Crippen molar-refractivity contribution in [3.63, 3.8) is 0 Å². The summed E-state index contributed by atoms with van der Waals surface area (Å²) in [7, 11) is 0. The van der Waals surface area contributed by atoms with E-state index in [1.54, 1.807) is 11.3 Å². The minimum absolute atomic E-state index is 0.591. The van der Waals surface area contributed by atoms with Gasteiger partial charge in [-0.2, -0.15) is 0 Å². The molecule has 0 N–H and O–H groups in total. The number of ether oxygens (including phenoxy) is 1. The van der Waals surface area contributed by atoms with Crippen molar-refractivity contribution in [3.8, 4) is 5.75 Å². The van der Waals surface area contributed by atoms with Gasteiger partial charge in [0.2, 0.25) is 0 Å². The third kappa shape index (κ3) is 4.14. The number of aliphatic imine (C=N–C) groups is 1. The molecule has 2 heterocycles. The summed E-state index contributed by atoms with van der Waals surface area (Å²) in [6.45, 7) is 1.41. The highest BCUT2D eigenvalue weighted by atomic mass is 79.9. The van der Waals surface area contributed by atoms with Crippen molar-refractivity contribution in [2.75, 3.05) is 6.54 Å². The average Bonchev–Trinajstić information content (AvgIpc) is 3.10. The monoisotopic (exact) mass is 423 g/mol. The molecule has 1 aliphatic heterocycles. The van der Waals surface area contributed by atoms with Crippen LogP contribution in [0.1, 0.15) is 21.6 Å². The first kappa shape index (κ1) is 17.3. The number of thiophene rings is 1. The van der Waals surface area contributed by atoms with Crippen molar-refractivity contribution >= 4 is 39.1 Å². The molecule has 0 aliphatic carbocycles. The van der Waals surface area contributed by atoms with E-state index in [1.807, 2.05) is 24.3 Å². The van der Waals surface area contributed by atoms with Crippen LogP contribution in [0, 0.1) is 0 Å². The Morgan fingerprint density at radius 2 is 1.92 bits per heavy atom. The van der Waals surface area contributed by atoms with Crippen LogP contribution in [0.15, 0.2) is 75.5 Å². The van der Waals surface area contributed by atoms with Crippen LogP contribution in [-0.2, 0) is 13.0 Å². The zero-order valence-corrected chi connectivity index (χ0v) is 16.6. The highest BCUT2D eigenvalue weighted by Gasteiger charge is 2.13. The van der Waals surface area contributed by atoms with E-state index in [-0.39, 0.29) is 0 Å². The van der Waals surface area contributed by atoms with E-state index in [4.69, 9.17) is 9.73 Å². The quantitative estimate of drug-likeness (QED) is 0.482. The molecular formula is C22H18BrNOS.